The van der Waals surface area contributed by atoms with Crippen molar-refractivity contribution in [2.24, 2.45) is 5.92 Å². The second kappa shape index (κ2) is 6.93. The van der Waals surface area contributed by atoms with Crippen LogP contribution in [0, 0.1) is 5.92 Å². The number of likely N-dealkylation sites (tertiary alicyclic amines) is 1. The zero-order valence-corrected chi connectivity index (χ0v) is 13.7. The van der Waals surface area contributed by atoms with Gasteiger partial charge in [-0.3, -0.25) is 0 Å². The van der Waals surface area contributed by atoms with Crippen LogP contribution in [-0.2, 0) is 0 Å². The number of hydrogen-bond acceptors (Lipinski definition) is 2. The van der Waals surface area contributed by atoms with Crippen LogP contribution in [-0.4, -0.2) is 49.1 Å². The fraction of sp³-hybridized carbons (Fsp3) is 0.684. The van der Waals surface area contributed by atoms with Gasteiger partial charge in [0.15, 0.2) is 0 Å². The van der Waals surface area contributed by atoms with Gasteiger partial charge in [0.2, 0.25) is 0 Å². The van der Waals surface area contributed by atoms with E-state index in [0.717, 1.165) is 17.9 Å². The molecule has 1 saturated carbocycles. The Morgan fingerprint density at radius 1 is 1.14 bits per heavy atom. The average molecular weight is 286 g/mol. The highest BCUT2D eigenvalue weighted by molar-refractivity contribution is 5.27. The van der Waals surface area contributed by atoms with E-state index in [9.17, 15) is 0 Å². The summed E-state index contributed by atoms with van der Waals surface area (Å²) in [7, 11) is 2.34. The van der Waals surface area contributed by atoms with Crippen LogP contribution < -0.4 is 0 Å². The minimum Gasteiger partial charge on any atom is -0.303 e. The molecule has 3 rings (SSSR count). The van der Waals surface area contributed by atoms with Crippen molar-refractivity contribution in [1.29, 1.82) is 0 Å². The Balaban J connectivity index is 1.43. The van der Waals surface area contributed by atoms with Crippen LogP contribution in [0.5, 0.6) is 0 Å². The molecular formula is C19H30N2. The van der Waals surface area contributed by atoms with Gasteiger partial charge in [0.1, 0.15) is 0 Å². The van der Waals surface area contributed by atoms with E-state index in [1.165, 1.54) is 57.4 Å². The SMILES string of the molecule is CCCN1CCC(CN(C)C2CC2c2ccccc2)CC1. The van der Waals surface area contributed by atoms with Crippen LogP contribution in [0.2, 0.25) is 0 Å². The zero-order valence-electron chi connectivity index (χ0n) is 13.7. The van der Waals surface area contributed by atoms with Crippen molar-refractivity contribution in [1.82, 2.24) is 9.80 Å². The summed E-state index contributed by atoms with van der Waals surface area (Å²) < 4.78 is 0. The molecule has 1 aliphatic carbocycles. The molecule has 0 bridgehead atoms. The predicted octanol–water partition coefficient (Wildman–Crippen LogP) is 3.60. The molecule has 0 amide bonds. The van der Waals surface area contributed by atoms with Gasteiger partial charge in [-0.25, -0.2) is 0 Å². The molecule has 2 atom stereocenters. The minimum absolute atomic E-state index is 0.788. The zero-order chi connectivity index (χ0) is 14.7. The molecule has 0 N–H and O–H groups in total. The first kappa shape index (κ1) is 15.1. The lowest BCUT2D eigenvalue weighted by Gasteiger charge is -2.33. The van der Waals surface area contributed by atoms with Crippen LogP contribution >= 0.6 is 0 Å². The van der Waals surface area contributed by atoms with Crippen molar-refractivity contribution in [3.63, 3.8) is 0 Å². The molecule has 2 fully saturated rings. The Morgan fingerprint density at radius 3 is 2.52 bits per heavy atom. The van der Waals surface area contributed by atoms with Crippen LogP contribution in [0.15, 0.2) is 30.3 Å². The highest BCUT2D eigenvalue weighted by Crippen LogP contribution is 2.44. The van der Waals surface area contributed by atoms with Gasteiger partial charge in [-0.15, -0.1) is 0 Å². The summed E-state index contributed by atoms with van der Waals surface area (Å²) in [5.74, 6) is 1.71. The number of hydrogen-bond donors (Lipinski definition) is 0. The lowest BCUT2D eigenvalue weighted by Crippen LogP contribution is -2.38. The second-order valence-corrected chi connectivity index (χ2v) is 7.04. The van der Waals surface area contributed by atoms with Gasteiger partial charge >= 0.3 is 0 Å². The van der Waals surface area contributed by atoms with Gasteiger partial charge in [0.25, 0.3) is 0 Å². The summed E-state index contributed by atoms with van der Waals surface area (Å²) in [5.41, 5.74) is 1.53. The topological polar surface area (TPSA) is 6.48 Å². The number of rotatable bonds is 6. The van der Waals surface area contributed by atoms with E-state index < -0.39 is 0 Å². The molecule has 0 spiro atoms. The normalized spacial score (nSPS) is 27.2. The Kier molecular flexibility index (Phi) is 4.97. The predicted molar refractivity (Wildman–Crippen MR) is 89.7 cm³/mol. The number of likely N-dealkylation sites (N-methyl/N-ethyl adjacent to an activating group) is 1. The van der Waals surface area contributed by atoms with E-state index in [2.05, 4.69) is 54.1 Å². The molecule has 2 unspecified atom stereocenters. The lowest BCUT2D eigenvalue weighted by atomic mass is 9.96. The van der Waals surface area contributed by atoms with Crippen molar-refractivity contribution in [2.75, 3.05) is 33.2 Å². The highest BCUT2D eigenvalue weighted by Gasteiger charge is 2.41. The summed E-state index contributed by atoms with van der Waals surface area (Å²) in [5, 5.41) is 0. The van der Waals surface area contributed by atoms with E-state index in [-0.39, 0.29) is 0 Å². The molecule has 1 heterocycles. The minimum atomic E-state index is 0.788. The Hall–Kier alpha value is -0.860. The van der Waals surface area contributed by atoms with E-state index in [1.807, 2.05) is 0 Å². The van der Waals surface area contributed by atoms with Crippen molar-refractivity contribution in [3.05, 3.63) is 35.9 Å². The van der Waals surface area contributed by atoms with Crippen LogP contribution in [0.4, 0.5) is 0 Å². The standard InChI is InChI=1S/C19H30N2/c1-3-11-21-12-9-16(10-13-21)15-20(2)19-14-18(19)17-7-5-4-6-8-17/h4-8,16,18-19H,3,9-15H2,1-2H3. The van der Waals surface area contributed by atoms with E-state index in [4.69, 9.17) is 0 Å². The molecular weight excluding hydrogens is 256 g/mol. The summed E-state index contributed by atoms with van der Waals surface area (Å²) in [4.78, 5) is 5.28. The third-order valence-electron chi connectivity index (χ3n) is 5.34. The van der Waals surface area contributed by atoms with Crippen LogP contribution in [0.25, 0.3) is 0 Å². The van der Waals surface area contributed by atoms with Gasteiger partial charge in [0, 0.05) is 18.5 Å². The molecule has 0 radical (unpaired) electrons. The highest BCUT2D eigenvalue weighted by atomic mass is 15.2. The van der Waals surface area contributed by atoms with Gasteiger partial charge in [0.05, 0.1) is 0 Å². The first-order chi connectivity index (χ1) is 10.3. The molecule has 1 saturated heterocycles. The lowest BCUT2D eigenvalue weighted by molar-refractivity contribution is 0.151. The van der Waals surface area contributed by atoms with E-state index in [0.29, 0.717) is 0 Å². The molecule has 2 heteroatoms. The third kappa shape index (κ3) is 3.87. The van der Waals surface area contributed by atoms with Gasteiger partial charge in [-0.1, -0.05) is 37.3 Å². The van der Waals surface area contributed by atoms with Crippen molar-refractivity contribution in [3.8, 4) is 0 Å². The molecule has 116 valence electrons. The molecule has 1 aliphatic heterocycles. The maximum absolute atomic E-state index is 2.64. The molecule has 1 aromatic carbocycles. The Labute approximate surface area is 130 Å². The summed E-state index contributed by atoms with van der Waals surface area (Å²) in [6.45, 7) is 7.52. The van der Waals surface area contributed by atoms with Crippen molar-refractivity contribution in [2.45, 2.75) is 44.6 Å². The van der Waals surface area contributed by atoms with E-state index in [1.54, 1.807) is 0 Å². The van der Waals surface area contributed by atoms with Gasteiger partial charge in [-0.05, 0) is 63.8 Å². The van der Waals surface area contributed by atoms with Crippen LogP contribution in [0.3, 0.4) is 0 Å². The Bertz CT molecular complexity index is 422. The maximum atomic E-state index is 2.64. The van der Waals surface area contributed by atoms with E-state index >= 15 is 0 Å². The fourth-order valence-electron chi connectivity index (χ4n) is 3.98. The molecule has 2 nitrogen and oxygen atoms in total. The summed E-state index contributed by atoms with van der Waals surface area (Å²) in [6.07, 6.45) is 5.45. The quantitative estimate of drug-likeness (QED) is 0.788. The van der Waals surface area contributed by atoms with Gasteiger partial charge in [-0.2, -0.15) is 0 Å². The largest absolute Gasteiger partial charge is 0.303 e. The van der Waals surface area contributed by atoms with Crippen LogP contribution in [0.1, 0.15) is 44.1 Å². The molecule has 2 aliphatic rings. The monoisotopic (exact) mass is 286 g/mol. The van der Waals surface area contributed by atoms with Crippen molar-refractivity contribution >= 4 is 0 Å². The summed E-state index contributed by atoms with van der Waals surface area (Å²) in [6, 6.07) is 11.8. The maximum Gasteiger partial charge on any atom is 0.0168 e. The molecule has 1 aromatic rings. The molecule has 0 aromatic heterocycles. The fourth-order valence-corrected chi connectivity index (χ4v) is 3.98. The average Bonchev–Trinajstić information content (AvgIpc) is 3.31. The third-order valence-corrected chi connectivity index (χ3v) is 5.34. The summed E-state index contributed by atoms with van der Waals surface area (Å²) >= 11 is 0. The number of nitrogens with zero attached hydrogens (tertiary/aromatic N) is 2. The Morgan fingerprint density at radius 2 is 1.86 bits per heavy atom. The van der Waals surface area contributed by atoms with Gasteiger partial charge < -0.3 is 9.80 Å². The van der Waals surface area contributed by atoms with Crippen molar-refractivity contribution < 1.29 is 0 Å². The number of piperidine rings is 1. The molecule has 21 heavy (non-hydrogen) atoms. The first-order valence-electron chi connectivity index (χ1n) is 8.75. The second-order valence-electron chi connectivity index (χ2n) is 7.04. The number of benzene rings is 1. The smallest absolute Gasteiger partial charge is 0.0168 e. The first-order valence-corrected chi connectivity index (χ1v) is 8.75.